The van der Waals surface area contributed by atoms with Gasteiger partial charge in [0.1, 0.15) is 5.75 Å². The first kappa shape index (κ1) is 16.3. The molecule has 6 heteroatoms. The summed E-state index contributed by atoms with van der Waals surface area (Å²) in [6.45, 7) is 1.87. The Morgan fingerprint density at radius 1 is 1.00 bits per heavy atom. The number of aryl methyl sites for hydroxylation is 1. The van der Waals surface area contributed by atoms with Crippen LogP contribution in [0.2, 0.25) is 0 Å². The molecule has 0 spiro atoms. The highest BCUT2D eigenvalue weighted by atomic mass is 127. The molecule has 2 rings (SSSR count). The van der Waals surface area contributed by atoms with Gasteiger partial charge in [-0.05, 0) is 65.4 Å². The molecule has 2 amide bonds. The van der Waals surface area contributed by atoms with Crippen molar-refractivity contribution in [1.29, 1.82) is 0 Å². The van der Waals surface area contributed by atoms with Crippen LogP contribution in [-0.2, 0) is 9.59 Å². The Hall–Kier alpha value is -2.09. The van der Waals surface area contributed by atoms with Crippen molar-refractivity contribution in [2.45, 2.75) is 6.92 Å². The van der Waals surface area contributed by atoms with Gasteiger partial charge in [-0.15, -0.1) is 0 Å². The molecule has 22 heavy (non-hydrogen) atoms. The maximum absolute atomic E-state index is 12.0. The Morgan fingerprint density at radius 3 is 2.27 bits per heavy atom. The largest absolute Gasteiger partial charge is 0.495 e. The standard InChI is InChI=1S/C16H15IN2O3/c1-10-9-11(17)7-8-12(10)18-15(20)16(21)19-13-5-3-4-6-14(13)22-2/h3-9H,1-2H3,(H,18,20)(H,19,21). The zero-order chi connectivity index (χ0) is 16.1. The fourth-order valence-electron chi connectivity index (χ4n) is 1.87. The second-order valence-corrected chi connectivity index (χ2v) is 5.81. The van der Waals surface area contributed by atoms with E-state index in [-0.39, 0.29) is 0 Å². The molecule has 2 aromatic carbocycles. The quantitative estimate of drug-likeness (QED) is 0.604. The highest BCUT2D eigenvalue weighted by Gasteiger charge is 2.16. The van der Waals surface area contributed by atoms with Crippen LogP contribution in [0.5, 0.6) is 5.75 Å². The predicted molar refractivity (Wildman–Crippen MR) is 94.1 cm³/mol. The van der Waals surface area contributed by atoms with E-state index in [1.807, 2.05) is 19.1 Å². The van der Waals surface area contributed by atoms with Crippen LogP contribution in [-0.4, -0.2) is 18.9 Å². The van der Waals surface area contributed by atoms with Crippen LogP contribution in [0.1, 0.15) is 5.56 Å². The van der Waals surface area contributed by atoms with E-state index in [1.54, 1.807) is 30.3 Å². The molecule has 0 bridgehead atoms. The molecule has 0 saturated carbocycles. The number of hydrogen-bond donors (Lipinski definition) is 2. The van der Waals surface area contributed by atoms with Gasteiger partial charge in [0, 0.05) is 9.26 Å². The van der Waals surface area contributed by atoms with E-state index in [0.717, 1.165) is 9.13 Å². The fraction of sp³-hybridized carbons (Fsp3) is 0.125. The van der Waals surface area contributed by atoms with Crippen molar-refractivity contribution in [2.75, 3.05) is 17.7 Å². The van der Waals surface area contributed by atoms with Crippen molar-refractivity contribution in [3.63, 3.8) is 0 Å². The molecule has 5 nitrogen and oxygen atoms in total. The monoisotopic (exact) mass is 410 g/mol. The molecular weight excluding hydrogens is 395 g/mol. The van der Waals surface area contributed by atoms with Crippen LogP contribution in [0.4, 0.5) is 11.4 Å². The second-order valence-electron chi connectivity index (χ2n) is 4.57. The van der Waals surface area contributed by atoms with Crippen LogP contribution in [0, 0.1) is 10.5 Å². The molecule has 0 radical (unpaired) electrons. The molecule has 0 aliphatic rings. The normalized spacial score (nSPS) is 9.95. The summed E-state index contributed by atoms with van der Waals surface area (Å²) in [5.74, 6) is -0.980. The van der Waals surface area contributed by atoms with Gasteiger partial charge in [-0.2, -0.15) is 0 Å². The average Bonchev–Trinajstić information content (AvgIpc) is 2.50. The molecule has 114 valence electrons. The van der Waals surface area contributed by atoms with E-state index >= 15 is 0 Å². The van der Waals surface area contributed by atoms with Crippen LogP contribution in [0.3, 0.4) is 0 Å². The van der Waals surface area contributed by atoms with E-state index in [0.29, 0.717) is 17.1 Å². The average molecular weight is 410 g/mol. The smallest absolute Gasteiger partial charge is 0.314 e. The number of halogens is 1. The van der Waals surface area contributed by atoms with Crippen molar-refractivity contribution in [2.24, 2.45) is 0 Å². The molecule has 0 fully saturated rings. The molecule has 0 unspecified atom stereocenters. The molecule has 0 saturated heterocycles. The SMILES string of the molecule is COc1ccccc1NC(=O)C(=O)Nc1ccc(I)cc1C. The number of rotatable bonds is 3. The minimum Gasteiger partial charge on any atom is -0.495 e. The van der Waals surface area contributed by atoms with Gasteiger partial charge in [0.25, 0.3) is 0 Å². The Kier molecular flexibility index (Phi) is 5.37. The lowest BCUT2D eigenvalue weighted by Crippen LogP contribution is -2.29. The lowest BCUT2D eigenvalue weighted by molar-refractivity contribution is -0.133. The first-order valence-electron chi connectivity index (χ1n) is 6.52. The van der Waals surface area contributed by atoms with E-state index in [9.17, 15) is 9.59 Å². The minimum absolute atomic E-state index is 0.449. The summed E-state index contributed by atoms with van der Waals surface area (Å²) in [4.78, 5) is 24.0. The van der Waals surface area contributed by atoms with Crippen LogP contribution < -0.4 is 15.4 Å². The van der Waals surface area contributed by atoms with Crippen molar-refractivity contribution < 1.29 is 14.3 Å². The van der Waals surface area contributed by atoms with Gasteiger partial charge >= 0.3 is 11.8 Å². The summed E-state index contributed by atoms with van der Waals surface area (Å²) in [6, 6.07) is 12.5. The van der Waals surface area contributed by atoms with Gasteiger partial charge in [-0.1, -0.05) is 12.1 Å². The highest BCUT2D eigenvalue weighted by Crippen LogP contribution is 2.23. The van der Waals surface area contributed by atoms with Gasteiger partial charge in [-0.25, -0.2) is 0 Å². The third-order valence-corrected chi connectivity index (χ3v) is 3.67. The lowest BCUT2D eigenvalue weighted by Gasteiger charge is -2.11. The van der Waals surface area contributed by atoms with Gasteiger partial charge < -0.3 is 15.4 Å². The number of hydrogen-bond acceptors (Lipinski definition) is 3. The fourth-order valence-corrected chi connectivity index (χ4v) is 2.52. The zero-order valence-corrected chi connectivity index (χ0v) is 14.3. The summed E-state index contributed by atoms with van der Waals surface area (Å²) in [5, 5.41) is 5.13. The molecule has 0 aromatic heterocycles. The Labute approximate surface area is 142 Å². The molecule has 2 aromatic rings. The first-order chi connectivity index (χ1) is 10.5. The number of nitrogens with one attached hydrogen (secondary N) is 2. The zero-order valence-electron chi connectivity index (χ0n) is 12.1. The summed E-state index contributed by atoms with van der Waals surface area (Å²) in [7, 11) is 1.50. The van der Waals surface area contributed by atoms with Crippen LogP contribution in [0.25, 0.3) is 0 Å². The summed E-state index contributed by atoms with van der Waals surface area (Å²) >= 11 is 2.19. The van der Waals surface area contributed by atoms with Crippen LogP contribution in [0.15, 0.2) is 42.5 Å². The van der Waals surface area contributed by atoms with Crippen molar-refractivity contribution in [1.82, 2.24) is 0 Å². The van der Waals surface area contributed by atoms with E-state index in [2.05, 4.69) is 33.2 Å². The Bertz CT molecular complexity index is 716. The third kappa shape index (κ3) is 3.97. The minimum atomic E-state index is -0.748. The van der Waals surface area contributed by atoms with E-state index in [4.69, 9.17) is 4.74 Å². The number of methoxy groups -OCH3 is 1. The maximum atomic E-state index is 12.0. The van der Waals surface area contributed by atoms with Crippen molar-refractivity contribution >= 4 is 45.8 Å². The van der Waals surface area contributed by atoms with Gasteiger partial charge in [-0.3, -0.25) is 9.59 Å². The number of anilines is 2. The first-order valence-corrected chi connectivity index (χ1v) is 7.60. The third-order valence-electron chi connectivity index (χ3n) is 3.00. The molecule has 0 aliphatic carbocycles. The Balaban J connectivity index is 2.08. The van der Waals surface area contributed by atoms with Gasteiger partial charge in [0.15, 0.2) is 0 Å². The molecule has 0 heterocycles. The summed E-state index contributed by atoms with van der Waals surface area (Å²) in [5.41, 5.74) is 1.95. The maximum Gasteiger partial charge on any atom is 0.314 e. The number of carbonyl (C=O) groups is 2. The van der Waals surface area contributed by atoms with Gasteiger partial charge in [0.2, 0.25) is 0 Å². The second kappa shape index (κ2) is 7.26. The highest BCUT2D eigenvalue weighted by molar-refractivity contribution is 14.1. The predicted octanol–water partition coefficient (Wildman–Crippen LogP) is 3.19. The number of benzene rings is 2. The Morgan fingerprint density at radius 2 is 1.64 bits per heavy atom. The van der Waals surface area contributed by atoms with Gasteiger partial charge in [0.05, 0.1) is 12.8 Å². The number of amides is 2. The van der Waals surface area contributed by atoms with Crippen molar-refractivity contribution in [3.8, 4) is 5.75 Å². The molecule has 0 atom stereocenters. The van der Waals surface area contributed by atoms with Crippen LogP contribution >= 0.6 is 22.6 Å². The molecular formula is C16H15IN2O3. The number of ether oxygens (including phenoxy) is 1. The molecule has 0 aliphatic heterocycles. The molecule has 2 N–H and O–H groups in total. The van der Waals surface area contributed by atoms with E-state index < -0.39 is 11.8 Å². The lowest BCUT2D eigenvalue weighted by atomic mass is 10.2. The topological polar surface area (TPSA) is 67.4 Å². The summed E-state index contributed by atoms with van der Waals surface area (Å²) < 4.78 is 6.19. The number of para-hydroxylation sites is 2. The summed E-state index contributed by atoms with van der Waals surface area (Å²) in [6.07, 6.45) is 0. The number of carbonyl (C=O) groups excluding carboxylic acids is 2. The van der Waals surface area contributed by atoms with Crippen molar-refractivity contribution in [3.05, 3.63) is 51.6 Å². The van der Waals surface area contributed by atoms with E-state index in [1.165, 1.54) is 7.11 Å².